The molecule has 0 saturated carbocycles. The summed E-state index contributed by atoms with van der Waals surface area (Å²) in [7, 11) is 3.32. The molecule has 2 rings (SSSR count). The lowest BCUT2D eigenvalue weighted by Crippen LogP contribution is -2.16. The van der Waals surface area contributed by atoms with Crippen LogP contribution in [-0.4, -0.2) is 35.1 Å². The maximum atomic E-state index is 12.2. The van der Waals surface area contributed by atoms with E-state index in [-0.39, 0.29) is 16.8 Å². The molecule has 124 valence electrons. The van der Waals surface area contributed by atoms with E-state index in [1.807, 2.05) is 0 Å². The molecule has 0 atom stereocenters. The molecule has 0 fully saturated rings. The van der Waals surface area contributed by atoms with E-state index in [0.29, 0.717) is 16.1 Å². The number of nitrogens with zero attached hydrogens (tertiary/aromatic N) is 2. The number of non-ortho nitro benzene ring substituents is 1. The summed E-state index contributed by atoms with van der Waals surface area (Å²) in [5, 5.41) is 13.2. The van der Waals surface area contributed by atoms with Crippen LogP contribution in [0.15, 0.2) is 53.4 Å². The Morgan fingerprint density at radius 2 is 1.79 bits per heavy atom. The molecule has 0 spiro atoms. The number of nitro groups is 1. The third-order valence-electron chi connectivity index (χ3n) is 3.00. The first-order valence-electron chi connectivity index (χ1n) is 6.92. The molecular weight excluding hydrogens is 330 g/mol. The number of benzene rings is 2. The van der Waals surface area contributed by atoms with E-state index in [4.69, 9.17) is 0 Å². The van der Waals surface area contributed by atoms with Gasteiger partial charge in [0.25, 0.3) is 16.8 Å². The smallest absolute Gasteiger partial charge is 0.285 e. The fourth-order valence-electron chi connectivity index (χ4n) is 1.77. The van der Waals surface area contributed by atoms with Crippen molar-refractivity contribution in [1.82, 2.24) is 4.90 Å². The number of thioether (sulfide) groups is 1. The minimum atomic E-state index is -0.524. The highest BCUT2D eigenvalue weighted by molar-refractivity contribution is 8.13. The van der Waals surface area contributed by atoms with Gasteiger partial charge in [0.05, 0.1) is 4.92 Å². The maximum absolute atomic E-state index is 12.2. The molecular formula is C16H15N3O4S. The van der Waals surface area contributed by atoms with E-state index in [1.165, 1.54) is 29.2 Å². The van der Waals surface area contributed by atoms with Crippen molar-refractivity contribution in [2.45, 2.75) is 4.90 Å². The molecule has 1 N–H and O–H groups in total. The number of nitrogens with one attached hydrogen (secondary N) is 1. The summed E-state index contributed by atoms with van der Waals surface area (Å²) in [4.78, 5) is 36.1. The predicted octanol–water partition coefficient (Wildman–Crippen LogP) is 3.62. The Hall–Kier alpha value is -2.87. The molecule has 0 unspecified atom stereocenters. The van der Waals surface area contributed by atoms with Gasteiger partial charge < -0.3 is 10.2 Å². The van der Waals surface area contributed by atoms with E-state index in [9.17, 15) is 19.7 Å². The van der Waals surface area contributed by atoms with Crippen LogP contribution < -0.4 is 5.32 Å². The van der Waals surface area contributed by atoms with Crippen LogP contribution in [-0.2, 0) is 0 Å². The second-order valence-corrected chi connectivity index (χ2v) is 6.07. The highest BCUT2D eigenvalue weighted by Gasteiger charge is 2.11. The van der Waals surface area contributed by atoms with Crippen molar-refractivity contribution in [2.75, 3.05) is 19.4 Å². The van der Waals surface area contributed by atoms with Crippen LogP contribution in [0.25, 0.3) is 0 Å². The van der Waals surface area contributed by atoms with Crippen LogP contribution in [0, 0.1) is 10.1 Å². The van der Waals surface area contributed by atoms with Crippen LogP contribution >= 0.6 is 11.8 Å². The minimum absolute atomic E-state index is 0.0767. The Kier molecular flexibility index (Phi) is 5.54. The zero-order chi connectivity index (χ0) is 17.7. The van der Waals surface area contributed by atoms with Gasteiger partial charge >= 0.3 is 0 Å². The molecule has 0 aliphatic rings. The second kappa shape index (κ2) is 7.60. The SMILES string of the molecule is CN(C)C(=O)Sc1cccc(NC(=O)c2ccc([N+](=O)[O-])cc2)c1. The van der Waals surface area contributed by atoms with Crippen molar-refractivity contribution in [3.8, 4) is 0 Å². The number of rotatable bonds is 4. The van der Waals surface area contributed by atoms with Crippen LogP contribution in [0.1, 0.15) is 10.4 Å². The largest absolute Gasteiger partial charge is 0.339 e. The number of carbonyl (C=O) groups is 2. The molecule has 24 heavy (non-hydrogen) atoms. The van der Waals surface area contributed by atoms with Gasteiger partial charge in [-0.15, -0.1) is 0 Å². The Morgan fingerprint density at radius 3 is 2.38 bits per heavy atom. The van der Waals surface area contributed by atoms with Gasteiger partial charge in [-0.3, -0.25) is 19.7 Å². The molecule has 8 heteroatoms. The lowest BCUT2D eigenvalue weighted by atomic mass is 10.2. The summed E-state index contributed by atoms with van der Waals surface area (Å²) >= 11 is 1.05. The second-order valence-electron chi connectivity index (χ2n) is 5.05. The predicted molar refractivity (Wildman–Crippen MR) is 92.4 cm³/mol. The molecule has 0 bridgehead atoms. The standard InChI is InChI=1S/C16H15N3O4S/c1-18(2)16(21)24-14-5-3-4-12(10-14)17-15(20)11-6-8-13(9-7-11)19(22)23/h3-10H,1-2H3,(H,17,20). The number of anilines is 1. The van der Waals surface area contributed by atoms with Crippen molar-refractivity contribution < 1.29 is 14.5 Å². The van der Waals surface area contributed by atoms with Crippen LogP contribution in [0.4, 0.5) is 16.2 Å². The number of carbonyl (C=O) groups excluding carboxylic acids is 2. The summed E-state index contributed by atoms with van der Waals surface area (Å²) in [5.41, 5.74) is 0.769. The molecule has 0 aromatic heterocycles. The summed E-state index contributed by atoms with van der Waals surface area (Å²) in [6.45, 7) is 0. The first-order valence-corrected chi connectivity index (χ1v) is 7.73. The number of hydrogen-bond acceptors (Lipinski definition) is 5. The van der Waals surface area contributed by atoms with Gasteiger partial charge in [-0.05, 0) is 42.1 Å². The van der Waals surface area contributed by atoms with E-state index in [2.05, 4.69) is 5.32 Å². The van der Waals surface area contributed by atoms with E-state index in [1.54, 1.807) is 38.4 Å². The van der Waals surface area contributed by atoms with Gasteiger partial charge in [0.1, 0.15) is 0 Å². The average Bonchev–Trinajstić information content (AvgIpc) is 2.55. The van der Waals surface area contributed by atoms with Crippen molar-refractivity contribution in [3.63, 3.8) is 0 Å². The number of nitro benzene ring substituents is 1. The third-order valence-corrected chi connectivity index (χ3v) is 4.03. The quantitative estimate of drug-likeness (QED) is 0.519. The summed E-state index contributed by atoms with van der Waals surface area (Å²) in [5.74, 6) is -0.383. The first-order chi connectivity index (χ1) is 11.4. The molecule has 0 aliphatic carbocycles. The molecule has 0 saturated heterocycles. The minimum Gasteiger partial charge on any atom is -0.339 e. The van der Waals surface area contributed by atoms with Crippen LogP contribution in [0.5, 0.6) is 0 Å². The molecule has 2 aromatic carbocycles. The van der Waals surface area contributed by atoms with Crippen molar-refractivity contribution in [2.24, 2.45) is 0 Å². The Balaban J connectivity index is 2.08. The highest BCUT2D eigenvalue weighted by Crippen LogP contribution is 2.24. The molecule has 0 aliphatic heterocycles. The normalized spacial score (nSPS) is 10.1. The number of amides is 2. The van der Waals surface area contributed by atoms with Gasteiger partial charge in [0, 0.05) is 42.4 Å². The Bertz CT molecular complexity index is 775. The van der Waals surface area contributed by atoms with Crippen molar-refractivity contribution >= 4 is 34.3 Å². The van der Waals surface area contributed by atoms with Gasteiger partial charge in [0.2, 0.25) is 0 Å². The fraction of sp³-hybridized carbons (Fsp3) is 0.125. The topological polar surface area (TPSA) is 92.6 Å². The Morgan fingerprint density at radius 1 is 1.12 bits per heavy atom. The summed E-state index contributed by atoms with van der Waals surface area (Å²) in [6.07, 6.45) is 0. The summed E-state index contributed by atoms with van der Waals surface area (Å²) < 4.78 is 0. The fourth-order valence-corrected chi connectivity index (χ4v) is 2.48. The lowest BCUT2D eigenvalue weighted by molar-refractivity contribution is -0.384. The average molecular weight is 345 g/mol. The van der Waals surface area contributed by atoms with E-state index in [0.717, 1.165) is 11.8 Å². The lowest BCUT2D eigenvalue weighted by Gasteiger charge is -2.10. The van der Waals surface area contributed by atoms with Crippen molar-refractivity contribution in [1.29, 1.82) is 0 Å². The third kappa shape index (κ3) is 4.56. The molecule has 0 heterocycles. The summed E-state index contributed by atoms with van der Waals surface area (Å²) in [6, 6.07) is 12.2. The van der Waals surface area contributed by atoms with Gasteiger partial charge in [-0.2, -0.15) is 0 Å². The van der Waals surface area contributed by atoms with E-state index < -0.39 is 4.92 Å². The van der Waals surface area contributed by atoms with Crippen LogP contribution in [0.3, 0.4) is 0 Å². The Labute approximate surface area is 142 Å². The highest BCUT2D eigenvalue weighted by atomic mass is 32.2. The van der Waals surface area contributed by atoms with Crippen molar-refractivity contribution in [3.05, 3.63) is 64.2 Å². The maximum Gasteiger partial charge on any atom is 0.285 e. The molecule has 0 radical (unpaired) electrons. The molecule has 2 amide bonds. The van der Waals surface area contributed by atoms with Gasteiger partial charge in [0.15, 0.2) is 0 Å². The van der Waals surface area contributed by atoms with Gasteiger partial charge in [-0.1, -0.05) is 6.07 Å². The number of hydrogen-bond donors (Lipinski definition) is 1. The van der Waals surface area contributed by atoms with Crippen LogP contribution in [0.2, 0.25) is 0 Å². The zero-order valence-electron chi connectivity index (χ0n) is 13.1. The first kappa shape index (κ1) is 17.5. The van der Waals surface area contributed by atoms with E-state index >= 15 is 0 Å². The monoisotopic (exact) mass is 345 g/mol. The van der Waals surface area contributed by atoms with Gasteiger partial charge in [-0.25, -0.2) is 0 Å². The zero-order valence-corrected chi connectivity index (χ0v) is 13.9. The molecule has 7 nitrogen and oxygen atoms in total. The molecule has 2 aromatic rings.